The number of carbonyl (C=O) groups is 3. The fourth-order valence-electron chi connectivity index (χ4n) is 4.39. The summed E-state index contributed by atoms with van der Waals surface area (Å²) in [5.41, 5.74) is 3.45. The molecule has 0 fully saturated rings. The van der Waals surface area contributed by atoms with Crippen molar-refractivity contribution >= 4 is 46.9 Å². The number of para-hydroxylation sites is 1. The van der Waals surface area contributed by atoms with Crippen LogP contribution in [-0.2, 0) is 9.59 Å². The number of thioether (sulfide) groups is 1. The van der Waals surface area contributed by atoms with Crippen LogP contribution in [0.15, 0.2) is 108 Å². The molecule has 0 aliphatic rings. The molecule has 45 heavy (non-hydrogen) atoms. The van der Waals surface area contributed by atoms with Gasteiger partial charge in [-0.15, -0.1) is 11.8 Å². The number of rotatable bonds is 12. The normalized spacial score (nSPS) is 11.8. The lowest BCUT2D eigenvalue weighted by molar-refractivity contribution is -0.115. The Bertz CT molecular complexity index is 1650. The second-order valence-electron chi connectivity index (χ2n) is 10.5. The molecule has 4 rings (SSSR count). The van der Waals surface area contributed by atoms with Gasteiger partial charge in [0.05, 0.1) is 19.5 Å². The molecule has 0 saturated carbocycles. The van der Waals surface area contributed by atoms with Gasteiger partial charge in [0.2, 0.25) is 5.91 Å². The van der Waals surface area contributed by atoms with Gasteiger partial charge in [0, 0.05) is 27.4 Å². The van der Waals surface area contributed by atoms with Gasteiger partial charge in [-0.25, -0.2) is 0 Å². The van der Waals surface area contributed by atoms with E-state index in [0.29, 0.717) is 34.2 Å². The number of benzene rings is 4. The van der Waals surface area contributed by atoms with Crippen molar-refractivity contribution in [2.45, 2.75) is 36.8 Å². The maximum atomic E-state index is 13.5. The predicted molar refractivity (Wildman–Crippen MR) is 181 cm³/mol. The molecule has 0 heterocycles. The van der Waals surface area contributed by atoms with E-state index in [0.717, 1.165) is 10.6 Å². The Balaban J connectivity index is 1.46. The molecule has 3 N–H and O–H groups in total. The number of carbonyl (C=O) groups excluding carboxylic acids is 3. The third-order valence-corrected chi connectivity index (χ3v) is 8.01. The van der Waals surface area contributed by atoms with Gasteiger partial charge in [0.25, 0.3) is 11.8 Å². The summed E-state index contributed by atoms with van der Waals surface area (Å²) < 4.78 is 10.9. The number of ether oxygens (including phenoxy) is 2. The Hall–Kier alpha value is -5.02. The summed E-state index contributed by atoms with van der Waals surface area (Å²) in [7, 11) is 3.03. The smallest absolute Gasteiger partial charge is 0.272 e. The zero-order chi connectivity index (χ0) is 32.3. The summed E-state index contributed by atoms with van der Waals surface area (Å²) >= 11 is 1.41. The van der Waals surface area contributed by atoms with Crippen LogP contribution in [0.25, 0.3) is 6.08 Å². The van der Waals surface area contributed by atoms with Crippen molar-refractivity contribution in [2.24, 2.45) is 0 Å². The average molecular weight is 624 g/mol. The van der Waals surface area contributed by atoms with Gasteiger partial charge in [0.15, 0.2) is 11.5 Å². The van der Waals surface area contributed by atoms with Crippen LogP contribution in [-0.4, -0.2) is 37.2 Å². The van der Waals surface area contributed by atoms with Crippen molar-refractivity contribution < 1.29 is 23.9 Å². The molecular formula is C36H37N3O5S. The molecule has 0 spiro atoms. The molecule has 232 valence electrons. The standard InChI is InChI=1S/C36H37N3O5S/c1-23(2)25-14-16-28(17-15-25)37-34(40)24(3)45-30-20-18-29(19-21-30)38-36(42)31(39-35(41)26-10-7-6-8-11-26)22-27-12-9-13-32(43-4)33(27)44-5/h6-24H,1-5H3,(H,37,40)(H,38,42)(H,39,41)/b31-22-. The average Bonchev–Trinajstić information content (AvgIpc) is 3.05. The van der Waals surface area contributed by atoms with Crippen molar-refractivity contribution in [1.29, 1.82) is 0 Å². The van der Waals surface area contributed by atoms with Gasteiger partial charge in [-0.1, -0.05) is 56.3 Å². The minimum atomic E-state index is -0.527. The fraction of sp³-hybridized carbons (Fsp3) is 0.194. The minimum Gasteiger partial charge on any atom is -0.493 e. The van der Waals surface area contributed by atoms with Gasteiger partial charge in [-0.05, 0) is 79.1 Å². The second kappa shape index (κ2) is 15.6. The van der Waals surface area contributed by atoms with Crippen LogP contribution in [0.1, 0.15) is 48.2 Å². The summed E-state index contributed by atoms with van der Waals surface area (Å²) in [6, 6.07) is 28.9. The first-order chi connectivity index (χ1) is 21.7. The van der Waals surface area contributed by atoms with Crippen molar-refractivity contribution in [2.75, 3.05) is 24.9 Å². The highest BCUT2D eigenvalue weighted by molar-refractivity contribution is 8.00. The maximum absolute atomic E-state index is 13.5. The lowest BCUT2D eigenvalue weighted by Gasteiger charge is -2.15. The molecule has 0 aliphatic carbocycles. The zero-order valence-corrected chi connectivity index (χ0v) is 26.7. The lowest BCUT2D eigenvalue weighted by atomic mass is 10.0. The Morgan fingerprint density at radius 2 is 1.38 bits per heavy atom. The highest BCUT2D eigenvalue weighted by Gasteiger charge is 2.18. The van der Waals surface area contributed by atoms with Crippen LogP contribution >= 0.6 is 11.8 Å². The Kier molecular flexibility index (Phi) is 11.4. The Morgan fingerprint density at radius 1 is 0.733 bits per heavy atom. The largest absolute Gasteiger partial charge is 0.493 e. The molecular weight excluding hydrogens is 586 g/mol. The summed E-state index contributed by atoms with van der Waals surface area (Å²) in [6.07, 6.45) is 1.54. The molecule has 0 bridgehead atoms. The van der Waals surface area contributed by atoms with Gasteiger partial charge in [0.1, 0.15) is 5.70 Å². The summed E-state index contributed by atoms with van der Waals surface area (Å²) in [5, 5.41) is 8.20. The second-order valence-corrected chi connectivity index (χ2v) is 11.9. The van der Waals surface area contributed by atoms with E-state index in [-0.39, 0.29) is 16.9 Å². The minimum absolute atomic E-state index is 0.0144. The molecule has 0 aliphatic heterocycles. The first kappa shape index (κ1) is 32.9. The van der Waals surface area contributed by atoms with Crippen molar-refractivity contribution in [3.8, 4) is 11.5 Å². The number of methoxy groups -OCH3 is 2. The zero-order valence-electron chi connectivity index (χ0n) is 25.9. The summed E-state index contributed by atoms with van der Waals surface area (Å²) in [5.74, 6) is 0.261. The maximum Gasteiger partial charge on any atom is 0.272 e. The Morgan fingerprint density at radius 3 is 2.00 bits per heavy atom. The van der Waals surface area contributed by atoms with Crippen LogP contribution in [0, 0.1) is 0 Å². The topological polar surface area (TPSA) is 106 Å². The van der Waals surface area contributed by atoms with E-state index in [1.54, 1.807) is 60.7 Å². The SMILES string of the molecule is COc1cccc(/C=C(\NC(=O)c2ccccc2)C(=O)Nc2ccc(SC(C)C(=O)Nc3ccc(C(C)C)cc3)cc2)c1OC. The van der Waals surface area contributed by atoms with Crippen LogP contribution in [0.2, 0.25) is 0 Å². The molecule has 0 saturated heterocycles. The van der Waals surface area contributed by atoms with E-state index in [1.807, 2.05) is 49.4 Å². The van der Waals surface area contributed by atoms with Gasteiger partial charge < -0.3 is 25.4 Å². The van der Waals surface area contributed by atoms with Crippen LogP contribution in [0.4, 0.5) is 11.4 Å². The van der Waals surface area contributed by atoms with E-state index in [1.165, 1.54) is 31.5 Å². The number of anilines is 2. The third kappa shape index (κ3) is 9.00. The summed E-state index contributed by atoms with van der Waals surface area (Å²) in [6.45, 7) is 6.10. The third-order valence-electron chi connectivity index (χ3n) is 6.90. The van der Waals surface area contributed by atoms with E-state index in [9.17, 15) is 14.4 Å². The van der Waals surface area contributed by atoms with Gasteiger partial charge in [-0.2, -0.15) is 0 Å². The molecule has 0 radical (unpaired) electrons. The number of hydrogen-bond acceptors (Lipinski definition) is 6. The number of amides is 3. The van der Waals surface area contributed by atoms with Crippen LogP contribution in [0.5, 0.6) is 11.5 Å². The Labute approximate surface area is 268 Å². The molecule has 0 aromatic heterocycles. The van der Waals surface area contributed by atoms with Crippen molar-refractivity contribution in [1.82, 2.24) is 5.32 Å². The molecule has 9 heteroatoms. The van der Waals surface area contributed by atoms with E-state index >= 15 is 0 Å². The van der Waals surface area contributed by atoms with Gasteiger partial charge in [-0.3, -0.25) is 14.4 Å². The van der Waals surface area contributed by atoms with E-state index in [4.69, 9.17) is 9.47 Å². The van der Waals surface area contributed by atoms with E-state index in [2.05, 4.69) is 29.8 Å². The monoisotopic (exact) mass is 623 g/mol. The molecule has 1 unspecified atom stereocenters. The summed E-state index contributed by atoms with van der Waals surface area (Å²) in [4.78, 5) is 40.2. The molecule has 4 aromatic carbocycles. The fourth-order valence-corrected chi connectivity index (χ4v) is 5.26. The molecule has 3 amide bonds. The predicted octanol–water partition coefficient (Wildman–Crippen LogP) is 7.36. The number of nitrogens with one attached hydrogen (secondary N) is 3. The number of hydrogen-bond donors (Lipinski definition) is 3. The first-order valence-electron chi connectivity index (χ1n) is 14.5. The molecule has 8 nitrogen and oxygen atoms in total. The molecule has 1 atom stereocenters. The van der Waals surface area contributed by atoms with Crippen LogP contribution < -0.4 is 25.4 Å². The van der Waals surface area contributed by atoms with Crippen molar-refractivity contribution in [3.63, 3.8) is 0 Å². The van der Waals surface area contributed by atoms with Crippen LogP contribution in [0.3, 0.4) is 0 Å². The highest BCUT2D eigenvalue weighted by Crippen LogP contribution is 2.32. The van der Waals surface area contributed by atoms with Gasteiger partial charge >= 0.3 is 0 Å². The van der Waals surface area contributed by atoms with Crippen molar-refractivity contribution in [3.05, 3.63) is 119 Å². The lowest BCUT2D eigenvalue weighted by Crippen LogP contribution is -2.30. The molecule has 4 aromatic rings. The highest BCUT2D eigenvalue weighted by atomic mass is 32.2. The quantitative estimate of drug-likeness (QED) is 0.113. The first-order valence-corrected chi connectivity index (χ1v) is 15.3. The van der Waals surface area contributed by atoms with E-state index < -0.39 is 11.8 Å².